The molecule has 1 N–H and O–H groups in total. The SMILES string of the molecule is CCCCCCCCC=CCCCCCCCC(=O)OC(C)C(=O)O. The number of hydrogen-bond donors (Lipinski definition) is 1. The molecular weight excluding hydrogens is 316 g/mol. The Morgan fingerprint density at radius 1 is 0.840 bits per heavy atom. The van der Waals surface area contributed by atoms with E-state index in [4.69, 9.17) is 9.84 Å². The zero-order valence-corrected chi connectivity index (χ0v) is 16.3. The molecule has 146 valence electrons. The van der Waals surface area contributed by atoms with Gasteiger partial charge in [0.05, 0.1) is 0 Å². The molecule has 0 aromatic rings. The average molecular weight is 355 g/mol. The Bertz CT molecular complexity index is 363. The highest BCUT2D eigenvalue weighted by Gasteiger charge is 2.15. The van der Waals surface area contributed by atoms with Crippen LogP contribution in [0.25, 0.3) is 0 Å². The minimum atomic E-state index is -1.10. The van der Waals surface area contributed by atoms with Crippen LogP contribution in [0, 0.1) is 0 Å². The summed E-state index contributed by atoms with van der Waals surface area (Å²) in [6.07, 6.45) is 19.7. The van der Waals surface area contributed by atoms with Crippen LogP contribution in [0.2, 0.25) is 0 Å². The van der Waals surface area contributed by atoms with Gasteiger partial charge < -0.3 is 9.84 Å². The first-order valence-corrected chi connectivity index (χ1v) is 10.1. The molecule has 4 heteroatoms. The van der Waals surface area contributed by atoms with Gasteiger partial charge in [-0.2, -0.15) is 0 Å². The molecule has 0 aromatic heterocycles. The maximum Gasteiger partial charge on any atom is 0.344 e. The molecule has 0 saturated carbocycles. The number of rotatable bonds is 17. The fourth-order valence-electron chi connectivity index (χ4n) is 2.65. The Hall–Kier alpha value is -1.32. The van der Waals surface area contributed by atoms with E-state index in [-0.39, 0.29) is 0 Å². The molecule has 0 bridgehead atoms. The van der Waals surface area contributed by atoms with Crippen LogP contribution in [-0.4, -0.2) is 23.1 Å². The first-order valence-electron chi connectivity index (χ1n) is 10.1. The number of carbonyl (C=O) groups is 2. The molecule has 1 atom stereocenters. The molecule has 0 aliphatic rings. The summed E-state index contributed by atoms with van der Waals surface area (Å²) in [6.45, 7) is 3.62. The smallest absolute Gasteiger partial charge is 0.344 e. The molecule has 0 aliphatic carbocycles. The van der Waals surface area contributed by atoms with Gasteiger partial charge in [0.25, 0.3) is 0 Å². The van der Waals surface area contributed by atoms with E-state index < -0.39 is 18.0 Å². The number of allylic oxidation sites excluding steroid dienone is 2. The van der Waals surface area contributed by atoms with E-state index in [1.165, 1.54) is 64.7 Å². The molecular formula is C21H38O4. The second kappa shape index (κ2) is 17.5. The van der Waals surface area contributed by atoms with Gasteiger partial charge in [0.1, 0.15) is 0 Å². The number of ether oxygens (including phenoxy) is 1. The van der Waals surface area contributed by atoms with Gasteiger partial charge in [-0.1, -0.05) is 70.4 Å². The summed E-state index contributed by atoms with van der Waals surface area (Å²) < 4.78 is 4.78. The fourth-order valence-corrected chi connectivity index (χ4v) is 2.65. The van der Waals surface area contributed by atoms with Crippen molar-refractivity contribution in [2.45, 2.75) is 110 Å². The topological polar surface area (TPSA) is 63.6 Å². The minimum Gasteiger partial charge on any atom is -0.479 e. The predicted molar refractivity (Wildman–Crippen MR) is 103 cm³/mol. The van der Waals surface area contributed by atoms with Crippen LogP contribution in [0.3, 0.4) is 0 Å². The number of hydrogen-bond acceptors (Lipinski definition) is 3. The Morgan fingerprint density at radius 2 is 1.32 bits per heavy atom. The van der Waals surface area contributed by atoms with Crippen molar-refractivity contribution in [3.8, 4) is 0 Å². The van der Waals surface area contributed by atoms with Crippen molar-refractivity contribution < 1.29 is 19.4 Å². The summed E-state index contributed by atoms with van der Waals surface area (Å²) in [6, 6.07) is 0. The first-order chi connectivity index (χ1) is 12.1. The molecule has 25 heavy (non-hydrogen) atoms. The lowest BCUT2D eigenvalue weighted by Crippen LogP contribution is -2.23. The fraction of sp³-hybridized carbons (Fsp3) is 0.810. The molecule has 1 unspecified atom stereocenters. The van der Waals surface area contributed by atoms with Crippen molar-refractivity contribution in [2.24, 2.45) is 0 Å². The maximum absolute atomic E-state index is 11.4. The van der Waals surface area contributed by atoms with Gasteiger partial charge in [-0.05, 0) is 39.0 Å². The number of unbranched alkanes of at least 4 members (excludes halogenated alkanes) is 11. The maximum atomic E-state index is 11.4. The summed E-state index contributed by atoms with van der Waals surface area (Å²) >= 11 is 0. The van der Waals surface area contributed by atoms with Gasteiger partial charge in [0, 0.05) is 6.42 Å². The summed E-state index contributed by atoms with van der Waals surface area (Å²) in [5.41, 5.74) is 0. The van der Waals surface area contributed by atoms with Crippen LogP contribution in [0.15, 0.2) is 12.2 Å². The van der Waals surface area contributed by atoms with Crippen LogP contribution in [0.5, 0.6) is 0 Å². The van der Waals surface area contributed by atoms with E-state index in [1.54, 1.807) is 0 Å². The van der Waals surface area contributed by atoms with Crippen LogP contribution < -0.4 is 0 Å². The molecule has 0 aromatic carbocycles. The van der Waals surface area contributed by atoms with E-state index in [0.29, 0.717) is 6.42 Å². The van der Waals surface area contributed by atoms with Gasteiger partial charge >= 0.3 is 11.9 Å². The summed E-state index contributed by atoms with van der Waals surface area (Å²) in [7, 11) is 0. The van der Waals surface area contributed by atoms with Gasteiger partial charge in [-0.15, -0.1) is 0 Å². The lowest BCUT2D eigenvalue weighted by atomic mass is 10.1. The Labute approximate surface area is 154 Å². The summed E-state index contributed by atoms with van der Waals surface area (Å²) in [5, 5.41) is 8.65. The molecule has 0 heterocycles. The molecule has 0 fully saturated rings. The quantitative estimate of drug-likeness (QED) is 0.196. The van der Waals surface area contributed by atoms with E-state index >= 15 is 0 Å². The Balaban J connectivity index is 3.29. The van der Waals surface area contributed by atoms with Crippen LogP contribution in [0.1, 0.15) is 104 Å². The van der Waals surface area contributed by atoms with Gasteiger partial charge in [0.15, 0.2) is 6.10 Å². The van der Waals surface area contributed by atoms with Gasteiger partial charge in [-0.3, -0.25) is 4.79 Å². The van der Waals surface area contributed by atoms with E-state index in [2.05, 4.69) is 19.1 Å². The van der Waals surface area contributed by atoms with Crippen molar-refractivity contribution in [1.29, 1.82) is 0 Å². The third kappa shape index (κ3) is 17.3. The molecule has 0 spiro atoms. The molecule has 4 nitrogen and oxygen atoms in total. The average Bonchev–Trinajstić information content (AvgIpc) is 2.58. The third-order valence-electron chi connectivity index (χ3n) is 4.30. The molecule has 0 amide bonds. The highest BCUT2D eigenvalue weighted by Crippen LogP contribution is 2.10. The van der Waals surface area contributed by atoms with Gasteiger partial charge in [-0.25, -0.2) is 4.79 Å². The molecule has 0 aliphatic heterocycles. The van der Waals surface area contributed by atoms with Crippen molar-refractivity contribution in [2.75, 3.05) is 0 Å². The summed E-state index contributed by atoms with van der Waals surface area (Å²) in [4.78, 5) is 22.0. The monoisotopic (exact) mass is 354 g/mol. The standard InChI is InChI=1S/C21H38O4/c1-3-4-5-6-7-8-9-10-11-12-13-14-15-16-17-18-20(22)25-19(2)21(23)24/h10-11,19H,3-9,12-18H2,1-2H3,(H,23,24). The number of carboxylic acids is 1. The van der Waals surface area contributed by atoms with E-state index in [9.17, 15) is 9.59 Å². The largest absolute Gasteiger partial charge is 0.479 e. The third-order valence-corrected chi connectivity index (χ3v) is 4.30. The normalized spacial score (nSPS) is 12.4. The van der Waals surface area contributed by atoms with Crippen LogP contribution in [0.4, 0.5) is 0 Å². The van der Waals surface area contributed by atoms with Crippen LogP contribution in [-0.2, 0) is 14.3 Å². The summed E-state index contributed by atoms with van der Waals surface area (Å²) in [5.74, 6) is -1.51. The Kier molecular flexibility index (Phi) is 16.6. The van der Waals surface area contributed by atoms with Crippen molar-refractivity contribution >= 4 is 11.9 Å². The predicted octanol–water partition coefficient (Wildman–Crippen LogP) is 6.04. The zero-order chi connectivity index (χ0) is 18.8. The van der Waals surface area contributed by atoms with Crippen molar-refractivity contribution in [3.05, 3.63) is 12.2 Å². The first kappa shape index (κ1) is 23.7. The molecule has 0 saturated heterocycles. The Morgan fingerprint density at radius 3 is 1.84 bits per heavy atom. The highest BCUT2D eigenvalue weighted by molar-refractivity contribution is 5.77. The van der Waals surface area contributed by atoms with Crippen molar-refractivity contribution in [1.82, 2.24) is 0 Å². The number of aliphatic carboxylic acids is 1. The number of carboxylic acid groups (broad SMARTS) is 1. The second-order valence-corrected chi connectivity index (χ2v) is 6.80. The number of carbonyl (C=O) groups excluding carboxylic acids is 1. The lowest BCUT2D eigenvalue weighted by Gasteiger charge is -2.08. The highest BCUT2D eigenvalue weighted by atomic mass is 16.6. The number of esters is 1. The lowest BCUT2D eigenvalue weighted by molar-refractivity contribution is -0.162. The zero-order valence-electron chi connectivity index (χ0n) is 16.3. The minimum absolute atomic E-state index is 0.315. The van der Waals surface area contributed by atoms with Crippen molar-refractivity contribution in [3.63, 3.8) is 0 Å². The van der Waals surface area contributed by atoms with Gasteiger partial charge in [0.2, 0.25) is 0 Å². The second-order valence-electron chi connectivity index (χ2n) is 6.80. The van der Waals surface area contributed by atoms with Crippen LogP contribution >= 0.6 is 0 Å². The molecule has 0 rings (SSSR count). The van der Waals surface area contributed by atoms with E-state index in [1.807, 2.05) is 0 Å². The van der Waals surface area contributed by atoms with E-state index in [0.717, 1.165) is 25.7 Å². The molecule has 0 radical (unpaired) electrons.